The van der Waals surface area contributed by atoms with E-state index in [-0.39, 0.29) is 6.04 Å². The van der Waals surface area contributed by atoms with E-state index >= 15 is 0 Å². The third-order valence-corrected chi connectivity index (χ3v) is 4.54. The van der Waals surface area contributed by atoms with Crippen LogP contribution in [0.2, 0.25) is 0 Å². The Morgan fingerprint density at radius 2 is 1.42 bits per heavy atom. The van der Waals surface area contributed by atoms with Crippen LogP contribution >= 0.6 is 0 Å². The van der Waals surface area contributed by atoms with Gasteiger partial charge in [0.25, 0.3) is 0 Å². The Labute approximate surface area is 155 Å². The summed E-state index contributed by atoms with van der Waals surface area (Å²) in [6.45, 7) is 3.45. The summed E-state index contributed by atoms with van der Waals surface area (Å²) in [6, 6.07) is 28.2. The van der Waals surface area contributed by atoms with Gasteiger partial charge < -0.3 is 15.2 Å². The molecule has 0 aliphatic carbocycles. The smallest absolute Gasteiger partial charge is 0.130 e. The molecule has 3 heteroatoms. The lowest BCUT2D eigenvalue weighted by Crippen LogP contribution is -2.88. The van der Waals surface area contributed by atoms with Crippen molar-refractivity contribution in [2.45, 2.75) is 32.2 Å². The van der Waals surface area contributed by atoms with Crippen LogP contribution in [0, 0.1) is 0 Å². The second kappa shape index (κ2) is 9.18. The molecule has 0 aliphatic rings. The number of ether oxygens (including phenoxy) is 1. The number of aliphatic hydroxyl groups is 1. The van der Waals surface area contributed by atoms with E-state index in [0.717, 1.165) is 23.4 Å². The van der Waals surface area contributed by atoms with E-state index < -0.39 is 6.10 Å². The van der Waals surface area contributed by atoms with Gasteiger partial charge in [-0.2, -0.15) is 0 Å². The molecule has 0 heterocycles. The second-order valence-corrected chi connectivity index (χ2v) is 6.57. The van der Waals surface area contributed by atoms with E-state index in [1.54, 1.807) is 0 Å². The fourth-order valence-electron chi connectivity index (χ4n) is 2.87. The van der Waals surface area contributed by atoms with E-state index in [9.17, 15) is 5.11 Å². The Hall–Kier alpha value is -2.62. The van der Waals surface area contributed by atoms with Gasteiger partial charge in [0.05, 0.1) is 0 Å². The van der Waals surface area contributed by atoms with Crippen LogP contribution in [0.25, 0.3) is 0 Å². The molecule has 0 spiro atoms. The van der Waals surface area contributed by atoms with Gasteiger partial charge in [-0.1, -0.05) is 60.7 Å². The zero-order chi connectivity index (χ0) is 18.2. The topological polar surface area (TPSA) is 46.1 Å². The Bertz CT molecular complexity index is 772. The summed E-state index contributed by atoms with van der Waals surface area (Å²) in [7, 11) is 0. The van der Waals surface area contributed by atoms with E-state index in [1.807, 2.05) is 60.7 Å². The van der Waals surface area contributed by atoms with Crippen LogP contribution in [-0.2, 0) is 13.2 Å². The summed E-state index contributed by atoms with van der Waals surface area (Å²) in [4.78, 5) is 0. The van der Waals surface area contributed by atoms with Crippen molar-refractivity contribution in [2.75, 3.05) is 0 Å². The van der Waals surface area contributed by atoms with Gasteiger partial charge in [-0.3, -0.25) is 0 Å². The van der Waals surface area contributed by atoms with Crippen LogP contribution in [-0.4, -0.2) is 11.1 Å². The largest absolute Gasteiger partial charge is 0.489 e. The highest BCUT2D eigenvalue weighted by Gasteiger charge is 2.18. The molecule has 0 amide bonds. The molecule has 3 nitrogen and oxygen atoms in total. The Balaban J connectivity index is 1.48. The number of rotatable bonds is 8. The molecule has 0 aromatic heterocycles. The zero-order valence-electron chi connectivity index (χ0n) is 15.1. The molecule has 0 bridgehead atoms. The first kappa shape index (κ1) is 18.2. The standard InChI is InChI=1S/C23H25NO2/c1-18(23(25)21-10-6-3-7-11-21)24-16-19-12-14-22(15-13-19)26-17-20-8-4-2-5-9-20/h2-15,18,23-25H,16-17H2,1H3/p+1/t18-,23-/m0/s1. The van der Waals surface area contributed by atoms with Crippen molar-refractivity contribution in [1.82, 2.24) is 0 Å². The lowest BCUT2D eigenvalue weighted by atomic mass is 10.0. The molecule has 134 valence electrons. The lowest BCUT2D eigenvalue weighted by molar-refractivity contribution is -0.709. The van der Waals surface area contributed by atoms with Gasteiger partial charge in [-0.25, -0.2) is 0 Å². The molecule has 0 saturated heterocycles. The predicted octanol–water partition coefficient (Wildman–Crippen LogP) is 3.45. The molecule has 3 aromatic rings. The van der Waals surface area contributed by atoms with Gasteiger partial charge in [-0.15, -0.1) is 0 Å². The van der Waals surface area contributed by atoms with Gasteiger partial charge in [0, 0.05) is 5.56 Å². The summed E-state index contributed by atoms with van der Waals surface area (Å²) in [6.07, 6.45) is -0.468. The second-order valence-electron chi connectivity index (χ2n) is 6.57. The highest BCUT2D eigenvalue weighted by Crippen LogP contribution is 2.15. The first-order valence-electron chi connectivity index (χ1n) is 9.04. The van der Waals surface area contributed by atoms with Crippen molar-refractivity contribution >= 4 is 0 Å². The molecular weight excluding hydrogens is 322 g/mol. The molecule has 0 saturated carbocycles. The van der Waals surface area contributed by atoms with Gasteiger partial charge in [-0.05, 0) is 42.3 Å². The van der Waals surface area contributed by atoms with Crippen LogP contribution in [0.1, 0.15) is 29.7 Å². The quantitative estimate of drug-likeness (QED) is 0.655. The first-order chi connectivity index (χ1) is 12.7. The fraction of sp³-hybridized carbons (Fsp3) is 0.217. The minimum atomic E-state index is -0.468. The number of hydrogen-bond donors (Lipinski definition) is 2. The molecule has 0 radical (unpaired) electrons. The number of aliphatic hydroxyl groups excluding tert-OH is 1. The molecular formula is C23H26NO2+. The third kappa shape index (κ3) is 5.19. The third-order valence-electron chi connectivity index (χ3n) is 4.54. The van der Waals surface area contributed by atoms with Gasteiger partial charge in [0.1, 0.15) is 31.0 Å². The molecule has 26 heavy (non-hydrogen) atoms. The maximum absolute atomic E-state index is 10.4. The molecule has 0 aliphatic heterocycles. The zero-order valence-corrected chi connectivity index (χ0v) is 15.1. The highest BCUT2D eigenvalue weighted by atomic mass is 16.5. The minimum absolute atomic E-state index is 0.0893. The summed E-state index contributed by atoms with van der Waals surface area (Å²) in [5.74, 6) is 0.870. The average Bonchev–Trinajstić information content (AvgIpc) is 2.72. The van der Waals surface area contributed by atoms with E-state index in [2.05, 4.69) is 36.5 Å². The molecule has 2 atom stereocenters. The van der Waals surface area contributed by atoms with Crippen LogP contribution in [0.5, 0.6) is 5.75 Å². The van der Waals surface area contributed by atoms with E-state index in [4.69, 9.17) is 4.74 Å². The Morgan fingerprint density at radius 3 is 2.08 bits per heavy atom. The number of benzene rings is 3. The van der Waals surface area contributed by atoms with Crippen LogP contribution in [0.4, 0.5) is 0 Å². The summed E-state index contributed by atoms with van der Waals surface area (Å²) in [5, 5.41) is 12.6. The summed E-state index contributed by atoms with van der Waals surface area (Å²) in [5.41, 5.74) is 3.33. The molecule has 0 unspecified atom stereocenters. The maximum atomic E-state index is 10.4. The summed E-state index contributed by atoms with van der Waals surface area (Å²) < 4.78 is 5.82. The van der Waals surface area contributed by atoms with E-state index in [1.165, 1.54) is 5.56 Å². The molecule has 3 aromatic carbocycles. The monoisotopic (exact) mass is 348 g/mol. The minimum Gasteiger partial charge on any atom is -0.489 e. The number of hydrogen-bond acceptors (Lipinski definition) is 2. The number of quaternary nitrogens is 1. The predicted molar refractivity (Wildman–Crippen MR) is 104 cm³/mol. The van der Waals surface area contributed by atoms with Gasteiger partial charge in [0.15, 0.2) is 0 Å². The van der Waals surface area contributed by atoms with E-state index in [0.29, 0.717) is 6.61 Å². The van der Waals surface area contributed by atoms with Crippen LogP contribution in [0.3, 0.4) is 0 Å². The Kier molecular flexibility index (Phi) is 6.42. The molecule has 3 N–H and O–H groups in total. The van der Waals surface area contributed by atoms with Crippen molar-refractivity contribution < 1.29 is 15.2 Å². The van der Waals surface area contributed by atoms with Gasteiger partial charge >= 0.3 is 0 Å². The fourth-order valence-corrected chi connectivity index (χ4v) is 2.87. The van der Waals surface area contributed by atoms with Crippen molar-refractivity contribution in [3.8, 4) is 5.75 Å². The highest BCUT2D eigenvalue weighted by molar-refractivity contribution is 5.27. The SMILES string of the molecule is C[C@H]([NH2+]Cc1ccc(OCc2ccccc2)cc1)[C@H](O)c1ccccc1. The van der Waals surface area contributed by atoms with Crippen LogP contribution in [0.15, 0.2) is 84.9 Å². The molecule has 0 fully saturated rings. The Morgan fingerprint density at radius 1 is 0.808 bits per heavy atom. The van der Waals surface area contributed by atoms with Crippen molar-refractivity contribution in [3.63, 3.8) is 0 Å². The van der Waals surface area contributed by atoms with Crippen molar-refractivity contribution in [1.29, 1.82) is 0 Å². The maximum Gasteiger partial charge on any atom is 0.130 e. The first-order valence-corrected chi connectivity index (χ1v) is 9.04. The number of nitrogens with two attached hydrogens (primary N) is 1. The lowest BCUT2D eigenvalue weighted by Gasteiger charge is -2.18. The van der Waals surface area contributed by atoms with Crippen molar-refractivity contribution in [2.24, 2.45) is 0 Å². The molecule has 3 rings (SSSR count). The summed E-state index contributed by atoms with van der Waals surface area (Å²) >= 11 is 0. The van der Waals surface area contributed by atoms with Crippen molar-refractivity contribution in [3.05, 3.63) is 102 Å². The van der Waals surface area contributed by atoms with Crippen LogP contribution < -0.4 is 10.1 Å². The average molecular weight is 348 g/mol. The normalized spacial score (nSPS) is 13.2. The van der Waals surface area contributed by atoms with Gasteiger partial charge in [0.2, 0.25) is 0 Å².